The Morgan fingerprint density at radius 3 is 2.65 bits per heavy atom. The minimum absolute atomic E-state index is 0.640. The molecule has 2 rings (SSSR count). The fourth-order valence-corrected chi connectivity index (χ4v) is 1.88. The van der Waals surface area contributed by atoms with Gasteiger partial charge < -0.3 is 10.6 Å². The Morgan fingerprint density at radius 1 is 1.18 bits per heavy atom. The lowest BCUT2D eigenvalue weighted by atomic mass is 10.5. The second kappa shape index (κ2) is 6.09. The minimum atomic E-state index is 0.640. The molecule has 0 fully saturated rings. The molecule has 0 atom stereocenters. The molecular formula is C10H14N6S. The first kappa shape index (κ1) is 11.7. The van der Waals surface area contributed by atoms with Gasteiger partial charge in [0.25, 0.3) is 0 Å². The van der Waals surface area contributed by atoms with E-state index in [1.807, 2.05) is 6.92 Å². The number of aromatic nitrogens is 4. The molecule has 2 aromatic rings. The average Bonchev–Trinajstić information content (AvgIpc) is 2.84. The molecule has 90 valence electrons. The minimum Gasteiger partial charge on any atom is -0.359 e. The van der Waals surface area contributed by atoms with Gasteiger partial charge in [0.15, 0.2) is 0 Å². The van der Waals surface area contributed by atoms with Crippen molar-refractivity contribution < 1.29 is 0 Å². The normalized spacial score (nSPS) is 10.2. The number of anilines is 2. The van der Waals surface area contributed by atoms with Gasteiger partial charge >= 0.3 is 0 Å². The number of nitrogens with one attached hydrogen (secondary N) is 2. The van der Waals surface area contributed by atoms with Crippen LogP contribution in [0.1, 0.15) is 12.7 Å². The quantitative estimate of drug-likeness (QED) is 0.755. The van der Waals surface area contributed by atoms with Crippen molar-refractivity contribution in [2.24, 2.45) is 0 Å². The van der Waals surface area contributed by atoms with Gasteiger partial charge in [-0.1, -0.05) is 6.92 Å². The van der Waals surface area contributed by atoms with Crippen molar-refractivity contribution in [1.29, 1.82) is 0 Å². The fraction of sp³-hybridized carbons (Fsp3) is 0.400. The first-order valence-corrected chi connectivity index (χ1v) is 6.23. The number of hydrogen-bond donors (Lipinski definition) is 2. The zero-order valence-electron chi connectivity index (χ0n) is 9.55. The molecule has 0 saturated heterocycles. The zero-order chi connectivity index (χ0) is 11.9. The smallest absolute Gasteiger partial charge is 0.222 e. The molecule has 0 saturated carbocycles. The van der Waals surface area contributed by atoms with E-state index >= 15 is 0 Å². The van der Waals surface area contributed by atoms with Gasteiger partial charge in [-0.15, -0.1) is 0 Å². The van der Waals surface area contributed by atoms with Gasteiger partial charge in [-0.05, 0) is 6.07 Å². The highest BCUT2D eigenvalue weighted by atomic mass is 32.1. The van der Waals surface area contributed by atoms with Gasteiger partial charge in [-0.2, -0.15) is 4.37 Å². The van der Waals surface area contributed by atoms with E-state index in [-0.39, 0.29) is 0 Å². The highest BCUT2D eigenvalue weighted by Crippen LogP contribution is 2.10. The number of hydrogen-bond acceptors (Lipinski definition) is 7. The molecule has 0 aliphatic rings. The van der Waals surface area contributed by atoms with Crippen LogP contribution >= 0.6 is 11.5 Å². The van der Waals surface area contributed by atoms with Gasteiger partial charge in [0, 0.05) is 43.4 Å². The predicted molar refractivity (Wildman–Crippen MR) is 68.3 cm³/mol. The molecule has 0 aromatic carbocycles. The number of rotatable bonds is 6. The highest BCUT2D eigenvalue weighted by molar-refractivity contribution is 7.09. The molecule has 17 heavy (non-hydrogen) atoms. The molecule has 7 heteroatoms. The van der Waals surface area contributed by atoms with Crippen molar-refractivity contribution >= 4 is 22.6 Å². The van der Waals surface area contributed by atoms with Crippen LogP contribution < -0.4 is 10.6 Å². The molecule has 2 aromatic heterocycles. The Balaban J connectivity index is 1.69. The highest BCUT2D eigenvalue weighted by Gasteiger charge is 2.00. The summed E-state index contributed by atoms with van der Waals surface area (Å²) < 4.78 is 4.19. The third-order valence-corrected chi connectivity index (χ3v) is 2.75. The monoisotopic (exact) mass is 250 g/mol. The van der Waals surface area contributed by atoms with Crippen LogP contribution in [0.15, 0.2) is 18.5 Å². The SMILES string of the molecule is CCc1nsc(NCCNc2ncccn2)n1. The standard InChI is InChI=1S/C10H14N6S/c1-2-8-15-10(17-16-8)14-7-6-13-9-11-4-3-5-12-9/h3-5H,2,6-7H2,1H3,(H,11,12,13)(H,14,15,16). The maximum atomic E-state index is 4.31. The number of aryl methyl sites for hydroxylation is 1. The van der Waals surface area contributed by atoms with E-state index in [4.69, 9.17) is 0 Å². The van der Waals surface area contributed by atoms with E-state index in [1.165, 1.54) is 11.5 Å². The van der Waals surface area contributed by atoms with E-state index in [9.17, 15) is 0 Å². The number of nitrogens with zero attached hydrogens (tertiary/aromatic N) is 4. The van der Waals surface area contributed by atoms with Gasteiger partial charge in [-0.3, -0.25) is 0 Å². The Bertz CT molecular complexity index is 443. The summed E-state index contributed by atoms with van der Waals surface area (Å²) in [6.07, 6.45) is 4.29. The summed E-state index contributed by atoms with van der Waals surface area (Å²) in [6, 6.07) is 1.79. The summed E-state index contributed by atoms with van der Waals surface area (Å²) in [7, 11) is 0. The Morgan fingerprint density at radius 2 is 1.94 bits per heavy atom. The summed E-state index contributed by atoms with van der Waals surface area (Å²) in [5.74, 6) is 1.53. The predicted octanol–water partition coefficient (Wildman–Crippen LogP) is 1.41. The van der Waals surface area contributed by atoms with Crippen LogP contribution in [0.25, 0.3) is 0 Å². The van der Waals surface area contributed by atoms with Gasteiger partial charge in [0.2, 0.25) is 11.1 Å². The van der Waals surface area contributed by atoms with Crippen LogP contribution in [-0.2, 0) is 6.42 Å². The first-order valence-electron chi connectivity index (χ1n) is 5.46. The van der Waals surface area contributed by atoms with Crippen molar-refractivity contribution in [3.8, 4) is 0 Å². The van der Waals surface area contributed by atoms with Crippen LogP contribution in [0.2, 0.25) is 0 Å². The van der Waals surface area contributed by atoms with Crippen molar-refractivity contribution in [2.45, 2.75) is 13.3 Å². The lowest BCUT2D eigenvalue weighted by molar-refractivity contribution is 0.984. The summed E-state index contributed by atoms with van der Waals surface area (Å²) in [5, 5.41) is 7.16. The molecule has 6 nitrogen and oxygen atoms in total. The summed E-state index contributed by atoms with van der Waals surface area (Å²) in [6.45, 7) is 3.54. The van der Waals surface area contributed by atoms with Crippen molar-refractivity contribution in [1.82, 2.24) is 19.3 Å². The van der Waals surface area contributed by atoms with Gasteiger partial charge in [0.1, 0.15) is 5.82 Å². The van der Waals surface area contributed by atoms with Gasteiger partial charge in [0.05, 0.1) is 0 Å². The Hall–Kier alpha value is -1.76. The van der Waals surface area contributed by atoms with E-state index in [1.54, 1.807) is 18.5 Å². The Labute approximate surface area is 104 Å². The summed E-state index contributed by atoms with van der Waals surface area (Å²) in [4.78, 5) is 12.4. The average molecular weight is 250 g/mol. The van der Waals surface area contributed by atoms with E-state index in [0.717, 1.165) is 30.5 Å². The van der Waals surface area contributed by atoms with Crippen LogP contribution in [0.3, 0.4) is 0 Å². The van der Waals surface area contributed by atoms with Crippen LogP contribution in [0, 0.1) is 0 Å². The fourth-order valence-electron chi connectivity index (χ4n) is 1.20. The van der Waals surface area contributed by atoms with Gasteiger partial charge in [-0.25, -0.2) is 15.0 Å². The topological polar surface area (TPSA) is 75.6 Å². The molecule has 0 bridgehead atoms. The third-order valence-electron chi connectivity index (χ3n) is 2.03. The lowest BCUT2D eigenvalue weighted by Gasteiger charge is -2.04. The molecule has 2 N–H and O–H groups in total. The second-order valence-electron chi connectivity index (χ2n) is 3.30. The van der Waals surface area contributed by atoms with E-state index < -0.39 is 0 Å². The molecular weight excluding hydrogens is 236 g/mol. The lowest BCUT2D eigenvalue weighted by Crippen LogP contribution is -2.14. The molecule has 0 unspecified atom stereocenters. The second-order valence-corrected chi connectivity index (χ2v) is 4.05. The summed E-state index contributed by atoms with van der Waals surface area (Å²) >= 11 is 1.39. The molecule has 0 spiro atoms. The molecule has 2 heterocycles. The maximum Gasteiger partial charge on any atom is 0.222 e. The molecule has 0 radical (unpaired) electrons. The van der Waals surface area contributed by atoms with E-state index in [2.05, 4.69) is 30.0 Å². The van der Waals surface area contributed by atoms with Crippen molar-refractivity contribution in [2.75, 3.05) is 23.7 Å². The largest absolute Gasteiger partial charge is 0.359 e. The van der Waals surface area contributed by atoms with Crippen LogP contribution in [-0.4, -0.2) is 32.4 Å². The zero-order valence-corrected chi connectivity index (χ0v) is 10.4. The van der Waals surface area contributed by atoms with E-state index in [0.29, 0.717) is 5.95 Å². The maximum absolute atomic E-state index is 4.31. The third kappa shape index (κ3) is 3.63. The van der Waals surface area contributed by atoms with Crippen LogP contribution in [0.4, 0.5) is 11.1 Å². The first-order chi connectivity index (χ1) is 8.38. The molecule has 0 aliphatic heterocycles. The van der Waals surface area contributed by atoms with Crippen LogP contribution in [0.5, 0.6) is 0 Å². The Kier molecular flexibility index (Phi) is 4.20. The summed E-state index contributed by atoms with van der Waals surface area (Å²) in [5.41, 5.74) is 0. The molecule has 0 amide bonds. The van der Waals surface area contributed by atoms with Crippen molar-refractivity contribution in [3.63, 3.8) is 0 Å². The van der Waals surface area contributed by atoms with Crippen molar-refractivity contribution in [3.05, 3.63) is 24.3 Å². The molecule has 0 aliphatic carbocycles.